The summed E-state index contributed by atoms with van der Waals surface area (Å²) in [6, 6.07) is 5.91. The SMILES string of the molecule is NC(=O)CC(C(=O)O)n1c(O)c(C=C2N=c3ccccc3=N2)sc1=S. The van der Waals surface area contributed by atoms with Crippen LogP contribution < -0.4 is 16.4 Å². The van der Waals surface area contributed by atoms with E-state index in [0.29, 0.717) is 21.4 Å². The number of para-hydroxylation sites is 2. The van der Waals surface area contributed by atoms with Crippen molar-refractivity contribution in [2.24, 2.45) is 15.7 Å². The van der Waals surface area contributed by atoms with Gasteiger partial charge in [0.15, 0.2) is 9.78 Å². The summed E-state index contributed by atoms with van der Waals surface area (Å²) in [6.45, 7) is 0. The van der Waals surface area contributed by atoms with Gasteiger partial charge in [0, 0.05) is 6.08 Å². The van der Waals surface area contributed by atoms with Crippen molar-refractivity contribution in [1.82, 2.24) is 4.57 Å². The molecule has 3 rings (SSSR count). The Morgan fingerprint density at radius 3 is 2.44 bits per heavy atom. The number of nitrogens with two attached hydrogens (primary N) is 1. The number of carbonyl (C=O) groups is 2. The van der Waals surface area contributed by atoms with Gasteiger partial charge >= 0.3 is 5.97 Å². The lowest BCUT2D eigenvalue weighted by atomic mass is 10.2. The minimum Gasteiger partial charge on any atom is -0.493 e. The Bertz CT molecular complexity index is 1050. The highest BCUT2D eigenvalue weighted by molar-refractivity contribution is 7.73. The van der Waals surface area contributed by atoms with E-state index in [4.69, 9.17) is 18.0 Å². The smallest absolute Gasteiger partial charge is 0.327 e. The van der Waals surface area contributed by atoms with Crippen molar-refractivity contribution < 1.29 is 19.8 Å². The van der Waals surface area contributed by atoms with Crippen LogP contribution in [0.1, 0.15) is 17.3 Å². The summed E-state index contributed by atoms with van der Waals surface area (Å²) in [5, 5.41) is 21.1. The van der Waals surface area contributed by atoms with Crippen LogP contribution >= 0.6 is 23.6 Å². The number of aromatic hydroxyl groups is 1. The molecular formula is C15H12N4O4S2. The van der Waals surface area contributed by atoms with Crippen molar-refractivity contribution in [2.75, 3.05) is 0 Å². The van der Waals surface area contributed by atoms with Crippen LogP contribution in [0.4, 0.5) is 0 Å². The third kappa shape index (κ3) is 3.35. The van der Waals surface area contributed by atoms with Gasteiger partial charge in [0.25, 0.3) is 0 Å². The van der Waals surface area contributed by atoms with E-state index in [1.165, 1.54) is 6.08 Å². The third-order valence-corrected chi connectivity index (χ3v) is 4.78. The van der Waals surface area contributed by atoms with Crippen molar-refractivity contribution >= 4 is 41.5 Å². The van der Waals surface area contributed by atoms with Crippen LogP contribution in [0.25, 0.3) is 6.08 Å². The molecule has 1 amide bonds. The molecule has 0 radical (unpaired) electrons. The van der Waals surface area contributed by atoms with Crippen LogP contribution in [0.2, 0.25) is 0 Å². The molecule has 1 aromatic carbocycles. The second-order valence-corrected chi connectivity index (χ2v) is 6.84. The first-order valence-corrected chi connectivity index (χ1v) is 8.29. The van der Waals surface area contributed by atoms with Gasteiger partial charge in [-0.1, -0.05) is 12.1 Å². The molecule has 4 N–H and O–H groups in total. The predicted octanol–water partition coefficient (Wildman–Crippen LogP) is 0.737. The summed E-state index contributed by atoms with van der Waals surface area (Å²) in [4.78, 5) is 31.4. The van der Waals surface area contributed by atoms with Crippen molar-refractivity contribution in [3.8, 4) is 5.88 Å². The first kappa shape index (κ1) is 17.0. The molecule has 1 aliphatic heterocycles. The van der Waals surface area contributed by atoms with E-state index in [-0.39, 0.29) is 9.83 Å². The molecule has 10 heteroatoms. The summed E-state index contributed by atoms with van der Waals surface area (Å²) in [6.07, 6.45) is 1.03. The number of hydrogen-bond donors (Lipinski definition) is 3. The Labute approximate surface area is 149 Å². The number of carboxylic acids is 1. The van der Waals surface area contributed by atoms with E-state index in [0.717, 1.165) is 15.9 Å². The number of hydrogen-bond acceptors (Lipinski definition) is 7. The molecule has 1 unspecified atom stereocenters. The Hall–Kier alpha value is -2.85. The number of benzene rings is 1. The van der Waals surface area contributed by atoms with Gasteiger partial charge in [-0.2, -0.15) is 0 Å². The second kappa shape index (κ2) is 6.57. The minimum atomic E-state index is -1.37. The first-order chi connectivity index (χ1) is 11.9. The maximum atomic E-state index is 11.4. The summed E-state index contributed by atoms with van der Waals surface area (Å²) in [5.74, 6) is -2.12. The van der Waals surface area contributed by atoms with Gasteiger partial charge in [0.2, 0.25) is 11.8 Å². The number of aliphatic carboxylic acids is 1. The number of aromatic nitrogens is 1. The van der Waals surface area contributed by atoms with Crippen LogP contribution in [-0.2, 0) is 9.59 Å². The molecular weight excluding hydrogens is 364 g/mol. The highest BCUT2D eigenvalue weighted by Gasteiger charge is 2.27. The van der Waals surface area contributed by atoms with Gasteiger partial charge in [-0.05, 0) is 24.4 Å². The average molecular weight is 376 g/mol. The van der Waals surface area contributed by atoms with Gasteiger partial charge < -0.3 is 15.9 Å². The van der Waals surface area contributed by atoms with E-state index < -0.39 is 24.3 Å². The molecule has 0 fully saturated rings. The normalized spacial score (nSPS) is 13.5. The number of fused-ring (bicyclic) bond motifs is 1. The Morgan fingerprint density at radius 1 is 1.32 bits per heavy atom. The van der Waals surface area contributed by atoms with Gasteiger partial charge in [0.1, 0.15) is 6.04 Å². The lowest BCUT2D eigenvalue weighted by Gasteiger charge is -2.13. The van der Waals surface area contributed by atoms with Crippen molar-refractivity contribution in [2.45, 2.75) is 12.5 Å². The van der Waals surface area contributed by atoms with Crippen molar-refractivity contribution in [1.29, 1.82) is 0 Å². The van der Waals surface area contributed by atoms with E-state index in [1.807, 2.05) is 12.1 Å². The number of primary amides is 1. The average Bonchev–Trinajstić information content (AvgIpc) is 3.06. The molecule has 0 aliphatic carbocycles. The van der Waals surface area contributed by atoms with E-state index in [2.05, 4.69) is 9.98 Å². The molecule has 1 aromatic heterocycles. The summed E-state index contributed by atoms with van der Waals surface area (Å²) < 4.78 is 1.11. The third-order valence-electron chi connectivity index (χ3n) is 3.45. The van der Waals surface area contributed by atoms with Crippen LogP contribution in [0.5, 0.6) is 5.88 Å². The molecule has 0 saturated carbocycles. The minimum absolute atomic E-state index is 0.105. The van der Waals surface area contributed by atoms with Crippen molar-refractivity contribution in [3.05, 3.63) is 49.6 Å². The lowest BCUT2D eigenvalue weighted by molar-refractivity contribution is -0.143. The number of nitrogens with zero attached hydrogens (tertiary/aromatic N) is 3. The summed E-state index contributed by atoms with van der Waals surface area (Å²) in [7, 11) is 0. The van der Waals surface area contributed by atoms with Crippen LogP contribution in [0.3, 0.4) is 0 Å². The highest BCUT2D eigenvalue weighted by Crippen LogP contribution is 2.33. The second-order valence-electron chi connectivity index (χ2n) is 5.17. The number of carbonyl (C=O) groups excluding carboxylic acids is 1. The fraction of sp³-hybridized carbons (Fsp3) is 0.133. The van der Waals surface area contributed by atoms with E-state index in [9.17, 15) is 19.8 Å². The highest BCUT2D eigenvalue weighted by atomic mass is 32.1. The predicted molar refractivity (Wildman–Crippen MR) is 92.0 cm³/mol. The number of thiazole rings is 1. The molecule has 128 valence electrons. The van der Waals surface area contributed by atoms with Gasteiger partial charge in [-0.25, -0.2) is 14.8 Å². The Kier molecular flexibility index (Phi) is 4.47. The number of amides is 1. The zero-order valence-corrected chi connectivity index (χ0v) is 14.3. The molecule has 0 bridgehead atoms. The largest absolute Gasteiger partial charge is 0.493 e. The Morgan fingerprint density at radius 2 is 1.92 bits per heavy atom. The van der Waals surface area contributed by atoms with Gasteiger partial charge in [-0.15, -0.1) is 11.3 Å². The van der Waals surface area contributed by atoms with Gasteiger partial charge in [0.05, 0.1) is 22.0 Å². The van der Waals surface area contributed by atoms with Gasteiger partial charge in [-0.3, -0.25) is 9.36 Å². The van der Waals surface area contributed by atoms with E-state index >= 15 is 0 Å². The molecule has 2 aromatic rings. The fourth-order valence-corrected chi connectivity index (χ4v) is 3.69. The lowest BCUT2D eigenvalue weighted by Crippen LogP contribution is -2.25. The fourth-order valence-electron chi connectivity index (χ4n) is 2.35. The van der Waals surface area contributed by atoms with E-state index in [1.54, 1.807) is 12.1 Å². The van der Waals surface area contributed by atoms with Crippen LogP contribution in [0, 0.1) is 3.95 Å². The Balaban J connectivity index is 2.05. The standard InChI is InChI=1S/C15H12N4O4S2/c16-11(20)5-9(14(22)23)19-13(21)10(25-15(19)24)6-12-17-7-3-1-2-4-8(7)18-12/h1-4,6,9,21H,5H2,(H2,16,20)(H,22,23). The van der Waals surface area contributed by atoms with Crippen LogP contribution in [-0.4, -0.2) is 26.7 Å². The summed E-state index contributed by atoms with van der Waals surface area (Å²) in [5.41, 5.74) is 5.09. The first-order valence-electron chi connectivity index (χ1n) is 7.06. The molecule has 1 aliphatic rings. The topological polar surface area (TPSA) is 130 Å². The maximum Gasteiger partial charge on any atom is 0.327 e. The monoisotopic (exact) mass is 376 g/mol. The molecule has 1 atom stereocenters. The molecule has 0 saturated heterocycles. The quantitative estimate of drug-likeness (QED) is 0.663. The molecule has 25 heavy (non-hydrogen) atoms. The zero-order valence-electron chi connectivity index (χ0n) is 12.6. The zero-order chi connectivity index (χ0) is 18.1. The molecule has 0 spiro atoms. The maximum absolute atomic E-state index is 11.4. The number of rotatable bonds is 5. The van der Waals surface area contributed by atoms with Crippen LogP contribution in [0.15, 0.2) is 40.1 Å². The number of carboxylic acid groups (broad SMARTS) is 1. The molecule has 8 nitrogen and oxygen atoms in total. The summed E-state index contributed by atoms with van der Waals surface area (Å²) >= 11 is 6.13. The molecule has 2 heterocycles. The van der Waals surface area contributed by atoms with Crippen molar-refractivity contribution in [3.63, 3.8) is 0 Å².